The zero-order chi connectivity index (χ0) is 18.7. The minimum absolute atomic E-state index is 0.0728. The lowest BCUT2D eigenvalue weighted by Gasteiger charge is -2.18. The molecule has 1 amide bonds. The lowest BCUT2D eigenvalue weighted by atomic mass is 10.0. The number of nitriles is 1. The van der Waals surface area contributed by atoms with E-state index in [-0.39, 0.29) is 12.2 Å². The molecule has 1 aliphatic heterocycles. The average molecular weight is 406 g/mol. The zero-order valence-electron chi connectivity index (χ0n) is 13.2. The molecule has 2 aromatic rings. The number of hydrogen-bond acceptors (Lipinski definition) is 3. The van der Waals surface area contributed by atoms with Crippen molar-refractivity contribution in [1.82, 2.24) is 0 Å². The van der Waals surface area contributed by atoms with Gasteiger partial charge in [-0.25, -0.2) is 0 Å². The number of amides is 1. The summed E-state index contributed by atoms with van der Waals surface area (Å²) in [5.41, 5.74) is 1.68. The summed E-state index contributed by atoms with van der Waals surface area (Å²) >= 11 is 18.1. The van der Waals surface area contributed by atoms with Gasteiger partial charge in [0.15, 0.2) is 0 Å². The molecular formula is C19H11Cl3N2O2. The van der Waals surface area contributed by atoms with Crippen molar-refractivity contribution in [3.05, 3.63) is 74.3 Å². The second kappa shape index (κ2) is 7.84. The Labute approximate surface area is 165 Å². The van der Waals surface area contributed by atoms with Crippen LogP contribution in [0.2, 0.25) is 15.1 Å². The second-order valence-corrected chi connectivity index (χ2v) is 6.67. The Hall–Kier alpha value is -2.45. The molecule has 3 rings (SSSR count). The third-order valence-electron chi connectivity index (χ3n) is 3.58. The van der Waals surface area contributed by atoms with Gasteiger partial charge < -0.3 is 10.1 Å². The first-order valence-corrected chi connectivity index (χ1v) is 8.61. The first kappa shape index (κ1) is 18.3. The molecule has 0 spiro atoms. The van der Waals surface area contributed by atoms with Gasteiger partial charge in [-0.15, -0.1) is 0 Å². The summed E-state index contributed by atoms with van der Waals surface area (Å²) in [5.74, 6) is -0.0383. The fourth-order valence-electron chi connectivity index (χ4n) is 2.41. The van der Waals surface area contributed by atoms with Crippen molar-refractivity contribution in [3.63, 3.8) is 0 Å². The van der Waals surface area contributed by atoms with Crippen molar-refractivity contribution in [1.29, 1.82) is 5.26 Å². The number of hydrogen-bond donors (Lipinski definition) is 1. The third kappa shape index (κ3) is 4.03. The van der Waals surface area contributed by atoms with E-state index in [1.807, 2.05) is 6.07 Å². The number of para-hydroxylation sites is 1. The summed E-state index contributed by atoms with van der Waals surface area (Å²) in [4.78, 5) is 12.4. The smallest absolute Gasteiger partial charge is 0.266 e. The Kier molecular flexibility index (Phi) is 5.53. The summed E-state index contributed by atoms with van der Waals surface area (Å²) in [6.45, 7) is 0.179. The highest BCUT2D eigenvalue weighted by Crippen LogP contribution is 2.36. The maximum Gasteiger partial charge on any atom is 0.266 e. The van der Waals surface area contributed by atoms with Gasteiger partial charge in [-0.2, -0.15) is 5.26 Å². The maximum absolute atomic E-state index is 12.4. The molecule has 2 aromatic carbocycles. The van der Waals surface area contributed by atoms with Crippen LogP contribution in [0.3, 0.4) is 0 Å². The highest BCUT2D eigenvalue weighted by Gasteiger charge is 2.17. The SMILES string of the molecule is N#C/C(=C/C1=Cc2cc(Cl)cc(Cl)c2OC1)C(=O)Nc1ccccc1Cl. The molecule has 26 heavy (non-hydrogen) atoms. The van der Waals surface area contributed by atoms with Gasteiger partial charge in [-0.1, -0.05) is 46.9 Å². The van der Waals surface area contributed by atoms with Crippen LogP contribution in [0.15, 0.2) is 53.6 Å². The van der Waals surface area contributed by atoms with Crippen LogP contribution in [-0.4, -0.2) is 12.5 Å². The normalized spacial score (nSPS) is 13.2. The quantitative estimate of drug-likeness (QED) is 0.541. The van der Waals surface area contributed by atoms with Gasteiger partial charge in [-0.05, 0) is 42.0 Å². The highest BCUT2D eigenvalue weighted by atomic mass is 35.5. The van der Waals surface area contributed by atoms with Gasteiger partial charge in [0.25, 0.3) is 5.91 Å². The average Bonchev–Trinajstić information content (AvgIpc) is 2.61. The van der Waals surface area contributed by atoms with Crippen molar-refractivity contribution in [2.45, 2.75) is 0 Å². The Balaban J connectivity index is 1.87. The molecule has 1 heterocycles. The molecular weight excluding hydrogens is 395 g/mol. The number of nitrogens with zero attached hydrogens (tertiary/aromatic N) is 1. The van der Waals surface area contributed by atoms with Crippen LogP contribution in [0.1, 0.15) is 5.56 Å². The monoisotopic (exact) mass is 404 g/mol. The van der Waals surface area contributed by atoms with Crippen LogP contribution < -0.4 is 10.1 Å². The molecule has 7 heteroatoms. The van der Waals surface area contributed by atoms with Gasteiger partial charge in [0.2, 0.25) is 0 Å². The van der Waals surface area contributed by atoms with Gasteiger partial charge in [0.1, 0.15) is 24.0 Å². The molecule has 1 aliphatic rings. The van der Waals surface area contributed by atoms with E-state index >= 15 is 0 Å². The Morgan fingerprint density at radius 2 is 1.96 bits per heavy atom. The van der Waals surface area contributed by atoms with E-state index in [2.05, 4.69) is 5.32 Å². The van der Waals surface area contributed by atoms with Crippen LogP contribution in [0.4, 0.5) is 5.69 Å². The molecule has 0 aromatic heterocycles. The molecule has 0 bridgehead atoms. The minimum atomic E-state index is -0.559. The van der Waals surface area contributed by atoms with E-state index in [1.165, 1.54) is 6.08 Å². The van der Waals surface area contributed by atoms with Crippen molar-refractivity contribution >= 4 is 52.5 Å². The first-order valence-electron chi connectivity index (χ1n) is 7.48. The van der Waals surface area contributed by atoms with Crippen molar-refractivity contribution in [3.8, 4) is 11.8 Å². The second-order valence-electron chi connectivity index (χ2n) is 5.42. The van der Waals surface area contributed by atoms with Crippen LogP contribution >= 0.6 is 34.8 Å². The number of halogens is 3. The Morgan fingerprint density at radius 3 is 2.69 bits per heavy atom. The van der Waals surface area contributed by atoms with Gasteiger partial charge in [-0.3, -0.25) is 4.79 Å². The number of benzene rings is 2. The predicted molar refractivity (Wildman–Crippen MR) is 104 cm³/mol. The lowest BCUT2D eigenvalue weighted by molar-refractivity contribution is -0.112. The molecule has 0 saturated heterocycles. The minimum Gasteiger partial charge on any atom is -0.487 e. The number of ether oxygens (including phenoxy) is 1. The first-order chi connectivity index (χ1) is 12.5. The Morgan fingerprint density at radius 1 is 1.19 bits per heavy atom. The molecule has 0 unspecified atom stereocenters. The predicted octanol–water partition coefficient (Wildman–Crippen LogP) is 5.51. The Bertz CT molecular complexity index is 991. The maximum atomic E-state index is 12.4. The van der Waals surface area contributed by atoms with Gasteiger partial charge in [0, 0.05) is 10.6 Å². The summed E-state index contributed by atoms with van der Waals surface area (Å²) < 4.78 is 5.62. The molecule has 1 N–H and O–H groups in total. The van der Waals surface area contributed by atoms with Crippen LogP contribution in [0.5, 0.6) is 5.75 Å². The fraction of sp³-hybridized carbons (Fsp3) is 0.0526. The van der Waals surface area contributed by atoms with E-state index in [0.29, 0.717) is 37.6 Å². The van der Waals surface area contributed by atoms with E-state index < -0.39 is 5.91 Å². The van der Waals surface area contributed by atoms with E-state index in [0.717, 1.165) is 0 Å². The molecule has 0 atom stereocenters. The summed E-state index contributed by atoms with van der Waals surface area (Å²) in [5, 5.41) is 13.2. The van der Waals surface area contributed by atoms with E-state index in [1.54, 1.807) is 42.5 Å². The summed E-state index contributed by atoms with van der Waals surface area (Å²) in [7, 11) is 0. The molecule has 0 fully saturated rings. The summed E-state index contributed by atoms with van der Waals surface area (Å²) in [6.07, 6.45) is 3.24. The van der Waals surface area contributed by atoms with Crippen molar-refractivity contribution in [2.75, 3.05) is 11.9 Å². The van der Waals surface area contributed by atoms with E-state index in [9.17, 15) is 10.1 Å². The number of carbonyl (C=O) groups is 1. The molecule has 4 nitrogen and oxygen atoms in total. The van der Waals surface area contributed by atoms with Crippen molar-refractivity contribution in [2.24, 2.45) is 0 Å². The molecule has 130 valence electrons. The number of fused-ring (bicyclic) bond motifs is 1. The third-order valence-corrected chi connectivity index (χ3v) is 4.41. The number of rotatable bonds is 3. The highest BCUT2D eigenvalue weighted by molar-refractivity contribution is 6.36. The van der Waals surface area contributed by atoms with Gasteiger partial charge >= 0.3 is 0 Å². The fourth-order valence-corrected chi connectivity index (χ4v) is 3.15. The van der Waals surface area contributed by atoms with Crippen LogP contribution in [0, 0.1) is 11.3 Å². The molecule has 0 saturated carbocycles. The number of carbonyl (C=O) groups excluding carboxylic acids is 1. The van der Waals surface area contributed by atoms with Gasteiger partial charge in [0.05, 0.1) is 15.7 Å². The topological polar surface area (TPSA) is 62.1 Å². The molecule has 0 aliphatic carbocycles. The lowest BCUT2D eigenvalue weighted by Crippen LogP contribution is -2.15. The zero-order valence-corrected chi connectivity index (χ0v) is 15.5. The standard InChI is InChI=1S/C19H11Cl3N2O2/c20-14-7-12-5-11(10-26-18(12)16(22)8-14)6-13(9-23)19(25)24-17-4-2-1-3-15(17)21/h1-8H,10H2,(H,24,25)/b13-6-. The molecule has 0 radical (unpaired) electrons. The van der Waals surface area contributed by atoms with E-state index in [4.69, 9.17) is 39.5 Å². The van der Waals surface area contributed by atoms with Crippen LogP contribution in [-0.2, 0) is 4.79 Å². The number of anilines is 1. The largest absolute Gasteiger partial charge is 0.487 e. The summed E-state index contributed by atoms with van der Waals surface area (Å²) in [6, 6.07) is 12.0. The van der Waals surface area contributed by atoms with Crippen LogP contribution in [0.25, 0.3) is 6.08 Å². The van der Waals surface area contributed by atoms with Crippen molar-refractivity contribution < 1.29 is 9.53 Å². The number of nitrogens with one attached hydrogen (secondary N) is 1.